The van der Waals surface area contributed by atoms with E-state index in [0.29, 0.717) is 6.07 Å². The molecule has 2 rings (SSSR count). The average molecular weight is 391 g/mol. The highest BCUT2D eigenvalue weighted by Crippen LogP contribution is 2.29. The number of hydrogen-bond acceptors (Lipinski definition) is 6. The molecule has 1 amide bonds. The number of pyridine rings is 1. The summed E-state index contributed by atoms with van der Waals surface area (Å²) in [6, 6.07) is 3.03. The van der Waals surface area contributed by atoms with Gasteiger partial charge in [0.25, 0.3) is 5.91 Å². The summed E-state index contributed by atoms with van der Waals surface area (Å²) >= 11 is 5.73. The van der Waals surface area contributed by atoms with Gasteiger partial charge in [-0.3, -0.25) is 9.78 Å². The minimum absolute atomic E-state index is 0.0667. The molecule has 11 heteroatoms. The van der Waals surface area contributed by atoms with E-state index in [-0.39, 0.29) is 29.2 Å². The summed E-state index contributed by atoms with van der Waals surface area (Å²) in [4.78, 5) is 22.9. The summed E-state index contributed by atoms with van der Waals surface area (Å²) in [7, 11) is 0. The van der Waals surface area contributed by atoms with Gasteiger partial charge in [-0.15, -0.1) is 0 Å². The average Bonchev–Trinajstić information content (AvgIpc) is 2.51. The zero-order valence-electron chi connectivity index (χ0n) is 13.6. The standard InChI is InChI=1S/C15H14ClF3N4O3/c1-14(2,25)7-26-11-6-9(22-13(16)23-11)12(24)21-8-3-4-20-10(5-8)15(17,18)19/h3-6,25H,7H2,1-2H3,(H,20,21,24). The van der Waals surface area contributed by atoms with E-state index in [0.717, 1.165) is 12.3 Å². The van der Waals surface area contributed by atoms with E-state index in [1.54, 1.807) is 0 Å². The van der Waals surface area contributed by atoms with E-state index in [2.05, 4.69) is 20.3 Å². The first-order valence-electron chi connectivity index (χ1n) is 7.18. The van der Waals surface area contributed by atoms with Crippen LogP contribution in [0.15, 0.2) is 24.4 Å². The first kappa shape index (κ1) is 19.9. The van der Waals surface area contributed by atoms with Crippen LogP contribution in [0.5, 0.6) is 5.88 Å². The number of hydrogen-bond donors (Lipinski definition) is 2. The summed E-state index contributed by atoms with van der Waals surface area (Å²) in [5.41, 5.74) is -2.64. The van der Waals surface area contributed by atoms with Gasteiger partial charge in [0.1, 0.15) is 18.0 Å². The molecular weight excluding hydrogens is 377 g/mol. The molecule has 2 aromatic heterocycles. The van der Waals surface area contributed by atoms with Gasteiger partial charge >= 0.3 is 6.18 Å². The molecule has 0 aliphatic rings. The fraction of sp³-hybridized carbons (Fsp3) is 0.333. The maximum Gasteiger partial charge on any atom is 0.433 e. The molecule has 0 spiro atoms. The Kier molecular flexibility index (Phi) is 5.67. The summed E-state index contributed by atoms with van der Waals surface area (Å²) in [6.07, 6.45) is -3.72. The summed E-state index contributed by atoms with van der Waals surface area (Å²) in [5.74, 6) is -0.885. The number of ether oxygens (including phenoxy) is 1. The molecule has 140 valence electrons. The molecule has 0 aromatic carbocycles. The highest BCUT2D eigenvalue weighted by Gasteiger charge is 2.32. The first-order chi connectivity index (χ1) is 11.9. The third-order valence-electron chi connectivity index (χ3n) is 2.79. The molecule has 0 radical (unpaired) electrons. The van der Waals surface area contributed by atoms with Gasteiger partial charge < -0.3 is 15.2 Å². The van der Waals surface area contributed by atoms with Crippen molar-refractivity contribution in [3.05, 3.63) is 41.1 Å². The number of anilines is 1. The Hall–Kier alpha value is -2.46. The molecule has 7 nitrogen and oxygen atoms in total. The first-order valence-corrected chi connectivity index (χ1v) is 7.56. The third kappa shape index (κ3) is 5.81. The van der Waals surface area contributed by atoms with Gasteiger partial charge in [-0.2, -0.15) is 18.2 Å². The molecule has 2 heterocycles. The largest absolute Gasteiger partial charge is 0.474 e. The molecule has 0 aliphatic carbocycles. The fourth-order valence-electron chi connectivity index (χ4n) is 1.70. The van der Waals surface area contributed by atoms with Gasteiger partial charge in [0.15, 0.2) is 0 Å². The van der Waals surface area contributed by atoms with E-state index < -0.39 is 23.4 Å². The predicted molar refractivity (Wildman–Crippen MR) is 86.0 cm³/mol. The van der Waals surface area contributed by atoms with Crippen LogP contribution in [-0.4, -0.2) is 38.2 Å². The number of carbonyl (C=O) groups is 1. The van der Waals surface area contributed by atoms with Crippen LogP contribution in [-0.2, 0) is 6.18 Å². The molecule has 0 bridgehead atoms. The number of rotatable bonds is 5. The lowest BCUT2D eigenvalue weighted by Gasteiger charge is -2.17. The fourth-order valence-corrected chi connectivity index (χ4v) is 1.87. The van der Waals surface area contributed by atoms with Gasteiger partial charge in [-0.25, -0.2) is 4.98 Å². The Labute approximate surface area is 151 Å². The van der Waals surface area contributed by atoms with E-state index in [1.165, 1.54) is 19.9 Å². The van der Waals surface area contributed by atoms with Crippen LogP contribution in [0.2, 0.25) is 5.28 Å². The second-order valence-corrected chi connectivity index (χ2v) is 6.18. The summed E-state index contributed by atoms with van der Waals surface area (Å²) in [6.45, 7) is 2.89. The zero-order valence-corrected chi connectivity index (χ0v) is 14.4. The van der Waals surface area contributed by atoms with Crippen LogP contribution in [0.1, 0.15) is 30.0 Å². The molecule has 0 unspecified atom stereocenters. The molecule has 26 heavy (non-hydrogen) atoms. The van der Waals surface area contributed by atoms with Crippen molar-refractivity contribution >= 4 is 23.2 Å². The van der Waals surface area contributed by atoms with Crippen molar-refractivity contribution in [1.29, 1.82) is 0 Å². The predicted octanol–water partition coefficient (Wildman–Crippen LogP) is 2.95. The van der Waals surface area contributed by atoms with Crippen molar-refractivity contribution < 1.29 is 27.8 Å². The van der Waals surface area contributed by atoms with Crippen molar-refractivity contribution in [3.8, 4) is 5.88 Å². The Morgan fingerprint density at radius 1 is 1.31 bits per heavy atom. The number of carbonyl (C=O) groups excluding carboxylic acids is 1. The van der Waals surface area contributed by atoms with Crippen molar-refractivity contribution in [2.24, 2.45) is 0 Å². The zero-order chi connectivity index (χ0) is 19.5. The number of alkyl halides is 3. The Balaban J connectivity index is 2.18. The minimum atomic E-state index is -4.64. The third-order valence-corrected chi connectivity index (χ3v) is 2.96. The molecule has 0 fully saturated rings. The molecule has 2 N–H and O–H groups in total. The second-order valence-electron chi connectivity index (χ2n) is 5.84. The van der Waals surface area contributed by atoms with Crippen LogP contribution in [0.25, 0.3) is 0 Å². The maximum atomic E-state index is 12.7. The minimum Gasteiger partial charge on any atom is -0.474 e. The molecule has 0 saturated carbocycles. The topological polar surface area (TPSA) is 97.2 Å². The smallest absolute Gasteiger partial charge is 0.433 e. The van der Waals surface area contributed by atoms with Gasteiger partial charge in [0, 0.05) is 18.0 Å². The molecule has 2 aromatic rings. The summed E-state index contributed by atoms with van der Waals surface area (Å²) < 4.78 is 43.2. The normalized spacial score (nSPS) is 12.0. The maximum absolute atomic E-state index is 12.7. The van der Waals surface area contributed by atoms with Crippen LogP contribution in [0.3, 0.4) is 0 Å². The van der Waals surface area contributed by atoms with Crippen LogP contribution >= 0.6 is 11.6 Å². The van der Waals surface area contributed by atoms with E-state index >= 15 is 0 Å². The van der Waals surface area contributed by atoms with Crippen LogP contribution < -0.4 is 10.1 Å². The lowest BCUT2D eigenvalue weighted by atomic mass is 10.2. The van der Waals surface area contributed by atoms with Gasteiger partial charge in [0.2, 0.25) is 11.2 Å². The number of amides is 1. The van der Waals surface area contributed by atoms with Crippen LogP contribution in [0.4, 0.5) is 18.9 Å². The monoisotopic (exact) mass is 390 g/mol. The molecule has 0 aliphatic heterocycles. The summed E-state index contributed by atoms with van der Waals surface area (Å²) in [5, 5.41) is 11.6. The Bertz CT molecular complexity index is 809. The highest BCUT2D eigenvalue weighted by atomic mass is 35.5. The number of halogens is 4. The highest BCUT2D eigenvalue weighted by molar-refractivity contribution is 6.28. The molecule has 0 saturated heterocycles. The molecule has 0 atom stereocenters. The van der Waals surface area contributed by atoms with Gasteiger partial charge in [-0.05, 0) is 37.6 Å². The number of nitrogens with zero attached hydrogens (tertiary/aromatic N) is 3. The number of aliphatic hydroxyl groups is 1. The van der Waals surface area contributed by atoms with Crippen molar-refractivity contribution in [3.63, 3.8) is 0 Å². The van der Waals surface area contributed by atoms with E-state index in [1.807, 2.05) is 0 Å². The van der Waals surface area contributed by atoms with Gasteiger partial charge in [-0.1, -0.05) is 0 Å². The van der Waals surface area contributed by atoms with Crippen LogP contribution in [0, 0.1) is 0 Å². The Morgan fingerprint density at radius 3 is 2.62 bits per heavy atom. The quantitative estimate of drug-likeness (QED) is 0.762. The van der Waals surface area contributed by atoms with Crippen molar-refractivity contribution in [2.75, 3.05) is 11.9 Å². The SMILES string of the molecule is CC(C)(O)COc1cc(C(=O)Nc2ccnc(C(F)(F)F)c2)nc(Cl)n1. The molecular formula is C15H14ClF3N4O3. The lowest BCUT2D eigenvalue weighted by Crippen LogP contribution is -2.28. The van der Waals surface area contributed by atoms with E-state index in [9.17, 15) is 23.1 Å². The van der Waals surface area contributed by atoms with E-state index in [4.69, 9.17) is 16.3 Å². The number of nitrogens with one attached hydrogen (secondary N) is 1. The van der Waals surface area contributed by atoms with Crippen molar-refractivity contribution in [2.45, 2.75) is 25.6 Å². The Morgan fingerprint density at radius 2 is 2.00 bits per heavy atom. The van der Waals surface area contributed by atoms with Gasteiger partial charge in [0.05, 0.1) is 5.60 Å². The second kappa shape index (κ2) is 7.42. The number of aromatic nitrogens is 3. The lowest BCUT2D eigenvalue weighted by molar-refractivity contribution is -0.141. The van der Waals surface area contributed by atoms with Crippen molar-refractivity contribution in [1.82, 2.24) is 15.0 Å².